The summed E-state index contributed by atoms with van der Waals surface area (Å²) in [5, 5.41) is 6.85. The van der Waals surface area contributed by atoms with Gasteiger partial charge in [-0.1, -0.05) is 11.3 Å². The second kappa shape index (κ2) is 2.35. The molecule has 0 saturated carbocycles. The predicted octanol–water partition coefficient (Wildman–Crippen LogP) is 0.826. The molecule has 11 heavy (non-hydrogen) atoms. The van der Waals surface area contributed by atoms with E-state index in [-0.39, 0.29) is 4.87 Å². The highest BCUT2D eigenvalue weighted by molar-refractivity contribution is 7.12. The Balaban J connectivity index is 2.53. The van der Waals surface area contributed by atoms with E-state index in [4.69, 9.17) is 0 Å². The quantitative estimate of drug-likeness (QED) is 0.660. The number of H-pyrrole nitrogens is 2. The van der Waals surface area contributed by atoms with Gasteiger partial charge in [0.1, 0.15) is 0 Å². The van der Waals surface area contributed by atoms with Crippen molar-refractivity contribution in [3.05, 3.63) is 28.0 Å². The molecule has 0 amide bonds. The van der Waals surface area contributed by atoms with Gasteiger partial charge in [-0.3, -0.25) is 4.79 Å². The summed E-state index contributed by atoms with van der Waals surface area (Å²) >= 11 is 1.09. The molecule has 0 aliphatic carbocycles. The van der Waals surface area contributed by atoms with Gasteiger partial charge in [0, 0.05) is 6.20 Å². The molecular weight excluding hydrogens is 162 g/mol. The van der Waals surface area contributed by atoms with Crippen LogP contribution in [0.3, 0.4) is 0 Å². The number of hydrogen-bond donors (Lipinski definition) is 2. The minimum Gasteiger partial charge on any atom is -0.359 e. The first-order valence-corrected chi connectivity index (χ1v) is 3.87. The summed E-state index contributed by atoms with van der Waals surface area (Å²) in [5.41, 5.74) is 0.869. The van der Waals surface area contributed by atoms with Gasteiger partial charge in [0.2, 0.25) is 0 Å². The van der Waals surface area contributed by atoms with Gasteiger partial charge in [-0.05, 0) is 12.1 Å². The third-order valence-electron chi connectivity index (χ3n) is 1.27. The van der Waals surface area contributed by atoms with Crippen molar-refractivity contribution in [2.75, 3.05) is 0 Å². The number of nitrogens with zero attached hydrogens (tertiary/aromatic N) is 1. The molecule has 2 rings (SSSR count). The van der Waals surface area contributed by atoms with E-state index in [1.54, 1.807) is 6.20 Å². The first-order valence-electron chi connectivity index (χ1n) is 3.05. The van der Waals surface area contributed by atoms with Crippen LogP contribution in [0.5, 0.6) is 0 Å². The lowest BCUT2D eigenvalue weighted by Gasteiger charge is -1.83. The molecular formula is C6H5N3OS. The van der Waals surface area contributed by atoms with Crippen molar-refractivity contribution < 1.29 is 0 Å². The van der Waals surface area contributed by atoms with Crippen molar-refractivity contribution in [2.24, 2.45) is 0 Å². The average Bonchev–Trinajstić information content (AvgIpc) is 2.55. The highest BCUT2D eigenvalue weighted by Gasteiger charge is 2.01. The molecule has 4 nitrogen and oxygen atoms in total. The fourth-order valence-electron chi connectivity index (χ4n) is 0.808. The van der Waals surface area contributed by atoms with Gasteiger partial charge in [-0.15, -0.1) is 0 Å². The Bertz CT molecular complexity index is 386. The fraction of sp³-hybridized carbons (Fsp3) is 0. The van der Waals surface area contributed by atoms with Crippen LogP contribution < -0.4 is 4.87 Å². The molecule has 0 aliphatic rings. The second-order valence-corrected chi connectivity index (χ2v) is 2.96. The summed E-state index contributed by atoms with van der Waals surface area (Å²) in [5.74, 6) is 0. The lowest BCUT2D eigenvalue weighted by atomic mass is 10.5. The Labute approximate surface area is 65.9 Å². The van der Waals surface area contributed by atoms with E-state index in [2.05, 4.69) is 15.2 Å². The Kier molecular flexibility index (Phi) is 1.36. The van der Waals surface area contributed by atoms with Gasteiger partial charge in [-0.2, -0.15) is 5.10 Å². The standard InChI is InChI=1S/C6H5N3OS/c10-6-9-8-5(11-6)4-2-1-3-7-4/h1-3,7H,(H,9,10). The molecule has 0 fully saturated rings. The first-order chi connectivity index (χ1) is 5.36. The summed E-state index contributed by atoms with van der Waals surface area (Å²) in [7, 11) is 0. The molecule has 0 saturated heterocycles. The van der Waals surface area contributed by atoms with Gasteiger partial charge in [-0.25, -0.2) is 5.10 Å². The van der Waals surface area contributed by atoms with Crippen molar-refractivity contribution in [3.63, 3.8) is 0 Å². The Morgan fingerprint density at radius 3 is 3.00 bits per heavy atom. The lowest BCUT2D eigenvalue weighted by Crippen LogP contribution is -1.90. The van der Waals surface area contributed by atoms with E-state index in [0.29, 0.717) is 5.01 Å². The normalized spacial score (nSPS) is 10.2. The second-order valence-electron chi connectivity index (χ2n) is 2.00. The maximum atomic E-state index is 10.7. The predicted molar refractivity (Wildman–Crippen MR) is 42.5 cm³/mol. The maximum Gasteiger partial charge on any atom is 0.322 e. The minimum atomic E-state index is -0.130. The van der Waals surface area contributed by atoms with Crippen LogP contribution in [0.15, 0.2) is 23.1 Å². The minimum absolute atomic E-state index is 0.130. The molecule has 2 aromatic rings. The molecule has 0 atom stereocenters. The van der Waals surface area contributed by atoms with Crippen LogP contribution in [-0.4, -0.2) is 15.2 Å². The molecule has 0 bridgehead atoms. The molecule has 56 valence electrons. The highest BCUT2D eigenvalue weighted by Crippen LogP contribution is 2.14. The van der Waals surface area contributed by atoms with Crippen molar-refractivity contribution in [1.82, 2.24) is 15.2 Å². The lowest BCUT2D eigenvalue weighted by molar-refractivity contribution is 1.06. The molecule has 0 aromatic carbocycles. The van der Waals surface area contributed by atoms with Crippen molar-refractivity contribution in [3.8, 4) is 10.7 Å². The largest absolute Gasteiger partial charge is 0.359 e. The number of hydrogen-bond acceptors (Lipinski definition) is 3. The summed E-state index contributed by atoms with van der Waals surface area (Å²) in [4.78, 5) is 13.5. The highest BCUT2D eigenvalue weighted by atomic mass is 32.1. The topological polar surface area (TPSA) is 61.5 Å². The zero-order chi connectivity index (χ0) is 7.68. The zero-order valence-electron chi connectivity index (χ0n) is 5.50. The van der Waals surface area contributed by atoms with Gasteiger partial charge >= 0.3 is 4.87 Å². The first kappa shape index (κ1) is 6.36. The van der Waals surface area contributed by atoms with Crippen LogP contribution in [0, 0.1) is 0 Å². The van der Waals surface area contributed by atoms with Gasteiger partial charge in [0.25, 0.3) is 0 Å². The third-order valence-corrected chi connectivity index (χ3v) is 2.05. The van der Waals surface area contributed by atoms with Crippen molar-refractivity contribution in [1.29, 1.82) is 0 Å². The van der Waals surface area contributed by atoms with Gasteiger partial charge in [0.15, 0.2) is 5.01 Å². The third kappa shape index (κ3) is 1.10. The molecule has 0 unspecified atom stereocenters. The molecule has 2 aromatic heterocycles. The number of aromatic nitrogens is 3. The van der Waals surface area contributed by atoms with E-state index in [1.807, 2.05) is 12.1 Å². The van der Waals surface area contributed by atoms with Crippen molar-refractivity contribution >= 4 is 11.3 Å². The van der Waals surface area contributed by atoms with Crippen molar-refractivity contribution in [2.45, 2.75) is 0 Å². The van der Waals surface area contributed by atoms with Crippen LogP contribution in [-0.2, 0) is 0 Å². The molecule has 0 aliphatic heterocycles. The zero-order valence-corrected chi connectivity index (χ0v) is 6.31. The van der Waals surface area contributed by atoms with E-state index < -0.39 is 0 Å². The van der Waals surface area contributed by atoms with E-state index in [9.17, 15) is 4.79 Å². The van der Waals surface area contributed by atoms with Crippen LogP contribution in [0.25, 0.3) is 10.7 Å². The van der Waals surface area contributed by atoms with Gasteiger partial charge < -0.3 is 4.98 Å². The molecule has 2 N–H and O–H groups in total. The fourth-order valence-corrected chi connectivity index (χ4v) is 1.40. The average molecular weight is 167 g/mol. The summed E-state index contributed by atoms with van der Waals surface area (Å²) in [6.07, 6.45) is 1.79. The summed E-state index contributed by atoms with van der Waals surface area (Å²) in [6.45, 7) is 0. The molecule has 5 heteroatoms. The van der Waals surface area contributed by atoms with E-state index in [1.165, 1.54) is 0 Å². The Morgan fingerprint density at radius 2 is 2.45 bits per heavy atom. The van der Waals surface area contributed by atoms with Gasteiger partial charge in [0.05, 0.1) is 5.69 Å². The Hall–Kier alpha value is -1.36. The monoisotopic (exact) mass is 167 g/mol. The summed E-state index contributed by atoms with van der Waals surface area (Å²) in [6, 6.07) is 3.73. The van der Waals surface area contributed by atoms with Crippen LogP contribution in [0.4, 0.5) is 0 Å². The number of nitrogens with one attached hydrogen (secondary N) is 2. The maximum absolute atomic E-state index is 10.7. The van der Waals surface area contributed by atoms with Crippen LogP contribution in [0.1, 0.15) is 0 Å². The molecule has 0 spiro atoms. The summed E-state index contributed by atoms with van der Waals surface area (Å²) < 4.78 is 0. The smallest absolute Gasteiger partial charge is 0.322 e. The van der Waals surface area contributed by atoms with E-state index in [0.717, 1.165) is 17.0 Å². The SMILES string of the molecule is O=c1[nH]nc(-c2ccc[nH]2)s1. The number of aromatic amines is 2. The Morgan fingerprint density at radius 1 is 1.55 bits per heavy atom. The van der Waals surface area contributed by atoms with Crippen LogP contribution >= 0.6 is 11.3 Å². The van der Waals surface area contributed by atoms with Crippen LogP contribution in [0.2, 0.25) is 0 Å². The number of rotatable bonds is 1. The van der Waals surface area contributed by atoms with E-state index >= 15 is 0 Å². The molecule has 2 heterocycles. The molecule has 0 radical (unpaired) electrons.